The van der Waals surface area contributed by atoms with Gasteiger partial charge in [-0.15, -0.1) is 11.8 Å². The van der Waals surface area contributed by atoms with Crippen molar-refractivity contribution >= 4 is 29.1 Å². The Kier molecular flexibility index (Phi) is 5.85. The van der Waals surface area contributed by atoms with Gasteiger partial charge in [0.25, 0.3) is 0 Å². The van der Waals surface area contributed by atoms with E-state index in [2.05, 4.69) is 38.4 Å². The minimum atomic E-state index is -0.230. The molecule has 5 rings (SSSR count). The van der Waals surface area contributed by atoms with Gasteiger partial charge >= 0.3 is 0 Å². The number of likely N-dealkylation sites (tertiary alicyclic amines) is 1. The van der Waals surface area contributed by atoms with Crippen molar-refractivity contribution in [1.82, 2.24) is 20.9 Å². The summed E-state index contributed by atoms with van der Waals surface area (Å²) in [5.74, 6) is 0.263. The topological polar surface area (TPSA) is 73.5 Å². The largest absolute Gasteiger partial charge is 0.353 e. The van der Waals surface area contributed by atoms with Gasteiger partial charge in [0, 0.05) is 19.1 Å². The number of carbonyl (C=O) groups is 2. The summed E-state index contributed by atoms with van der Waals surface area (Å²) in [5, 5.41) is 12.1. The van der Waals surface area contributed by atoms with Crippen LogP contribution < -0.4 is 16.0 Å². The Labute approximate surface area is 182 Å². The van der Waals surface area contributed by atoms with Crippen LogP contribution in [0.3, 0.4) is 0 Å². The minimum Gasteiger partial charge on any atom is -0.353 e. The number of rotatable bonds is 4. The molecule has 1 saturated carbocycles. The molecule has 1 aromatic rings. The highest BCUT2D eigenvalue weighted by Gasteiger charge is 2.44. The Bertz CT molecular complexity index is 824. The Balaban J connectivity index is 1.25. The fourth-order valence-electron chi connectivity index (χ4n) is 5.20. The number of nitrogens with one attached hydrogen (secondary N) is 3. The maximum atomic E-state index is 12.8. The van der Waals surface area contributed by atoms with Crippen LogP contribution in [0.25, 0.3) is 5.57 Å². The van der Waals surface area contributed by atoms with Crippen molar-refractivity contribution in [1.29, 1.82) is 0 Å². The molecule has 0 bridgehead atoms. The molecule has 4 aliphatic rings. The monoisotopic (exact) mass is 426 g/mol. The van der Waals surface area contributed by atoms with Crippen LogP contribution in [0.15, 0.2) is 35.7 Å². The number of amides is 2. The molecule has 0 radical (unpaired) electrons. The van der Waals surface area contributed by atoms with Crippen LogP contribution >= 0.6 is 11.8 Å². The Hall–Kier alpha value is -1.83. The number of fused-ring (bicyclic) bond motifs is 1. The number of hydrogen-bond donors (Lipinski definition) is 3. The van der Waals surface area contributed by atoms with Crippen LogP contribution in [0.2, 0.25) is 0 Å². The summed E-state index contributed by atoms with van der Waals surface area (Å²) in [6.07, 6.45) is 6.32. The zero-order valence-corrected chi connectivity index (χ0v) is 18.0. The maximum absolute atomic E-state index is 12.8. The lowest BCUT2D eigenvalue weighted by Crippen LogP contribution is -2.69. The molecule has 4 atom stereocenters. The fraction of sp³-hybridized carbons (Fsp3) is 0.565. The molecule has 30 heavy (non-hydrogen) atoms. The van der Waals surface area contributed by atoms with Crippen molar-refractivity contribution < 1.29 is 9.59 Å². The summed E-state index contributed by atoms with van der Waals surface area (Å²) in [5.41, 5.74) is 2.34. The first-order valence-electron chi connectivity index (χ1n) is 11.2. The summed E-state index contributed by atoms with van der Waals surface area (Å²) >= 11 is 1.59. The van der Waals surface area contributed by atoms with Crippen LogP contribution in [0.4, 0.5) is 0 Å². The summed E-state index contributed by atoms with van der Waals surface area (Å²) in [6, 6.07) is 10.6. The van der Waals surface area contributed by atoms with Crippen molar-refractivity contribution in [2.24, 2.45) is 5.92 Å². The van der Waals surface area contributed by atoms with Gasteiger partial charge in [-0.25, -0.2) is 0 Å². The van der Waals surface area contributed by atoms with E-state index in [-0.39, 0.29) is 35.3 Å². The molecule has 3 aliphatic heterocycles. The summed E-state index contributed by atoms with van der Waals surface area (Å²) < 4.78 is 0. The summed E-state index contributed by atoms with van der Waals surface area (Å²) in [7, 11) is 0. The first kappa shape index (κ1) is 20.1. The third kappa shape index (κ3) is 4.03. The van der Waals surface area contributed by atoms with Crippen LogP contribution in [0.1, 0.15) is 44.1 Å². The lowest BCUT2D eigenvalue weighted by molar-refractivity contribution is -0.129. The fourth-order valence-corrected chi connectivity index (χ4v) is 6.35. The van der Waals surface area contributed by atoms with E-state index in [0.717, 1.165) is 37.8 Å². The third-order valence-electron chi connectivity index (χ3n) is 6.85. The maximum Gasteiger partial charge on any atom is 0.237 e. The minimum absolute atomic E-state index is 0.00198. The lowest BCUT2D eigenvalue weighted by atomic mass is 9.94. The van der Waals surface area contributed by atoms with E-state index < -0.39 is 0 Å². The molecule has 2 amide bonds. The van der Waals surface area contributed by atoms with E-state index in [1.54, 1.807) is 11.8 Å². The smallest absolute Gasteiger partial charge is 0.237 e. The third-order valence-corrected chi connectivity index (χ3v) is 8.02. The number of benzene rings is 1. The predicted molar refractivity (Wildman–Crippen MR) is 119 cm³/mol. The molecule has 0 aromatic heterocycles. The van der Waals surface area contributed by atoms with E-state index in [1.165, 1.54) is 18.4 Å². The molecule has 3 N–H and O–H groups in total. The molecule has 7 heteroatoms. The number of thioether (sulfide) groups is 1. The van der Waals surface area contributed by atoms with Gasteiger partial charge < -0.3 is 10.6 Å². The second-order valence-electron chi connectivity index (χ2n) is 8.88. The van der Waals surface area contributed by atoms with Gasteiger partial charge in [0.05, 0.1) is 12.0 Å². The van der Waals surface area contributed by atoms with Gasteiger partial charge in [-0.1, -0.05) is 43.2 Å². The Morgan fingerprint density at radius 3 is 2.70 bits per heavy atom. The van der Waals surface area contributed by atoms with Crippen molar-refractivity contribution in [3.63, 3.8) is 0 Å². The normalized spacial score (nSPS) is 32.4. The zero-order valence-electron chi connectivity index (χ0n) is 17.2. The summed E-state index contributed by atoms with van der Waals surface area (Å²) in [6.45, 7) is 1.57. The Morgan fingerprint density at radius 2 is 1.90 bits per heavy atom. The summed E-state index contributed by atoms with van der Waals surface area (Å²) in [4.78, 5) is 27.9. The van der Waals surface area contributed by atoms with Gasteiger partial charge in [-0.3, -0.25) is 19.8 Å². The SMILES string of the molecule is O=C(NC1CCCC1)C1CCCN(C2NC(=O)C3SC=C(c4ccccc4)C3N2)C1. The van der Waals surface area contributed by atoms with E-state index in [9.17, 15) is 9.59 Å². The molecular formula is C23H30N4O2S. The molecule has 1 aromatic carbocycles. The van der Waals surface area contributed by atoms with Gasteiger partial charge in [0.2, 0.25) is 11.8 Å². The highest BCUT2D eigenvalue weighted by Crippen LogP contribution is 2.38. The first-order valence-corrected chi connectivity index (χ1v) is 12.1. The standard InChI is InChI=1S/C23H30N4O2S/c28-21(24-17-10-4-5-11-17)16-9-6-12-27(13-16)23-25-19-18(15-7-2-1-3-8-15)14-30-20(19)22(29)26-23/h1-3,7-8,14,16-17,19-20,23,25H,4-6,9-13H2,(H,24,28)(H,26,29). The second-order valence-corrected chi connectivity index (χ2v) is 9.89. The number of piperidine rings is 1. The van der Waals surface area contributed by atoms with Crippen LogP contribution in [0.5, 0.6) is 0 Å². The average Bonchev–Trinajstić information content (AvgIpc) is 3.44. The molecule has 2 saturated heterocycles. The van der Waals surface area contributed by atoms with E-state index in [4.69, 9.17) is 0 Å². The van der Waals surface area contributed by atoms with E-state index in [1.807, 2.05) is 18.2 Å². The number of hydrogen-bond acceptors (Lipinski definition) is 5. The van der Waals surface area contributed by atoms with Gasteiger partial charge in [-0.2, -0.15) is 0 Å². The number of carbonyl (C=O) groups excluding carboxylic acids is 2. The van der Waals surface area contributed by atoms with Crippen molar-refractivity contribution in [2.75, 3.05) is 13.1 Å². The predicted octanol–water partition coefficient (Wildman–Crippen LogP) is 2.29. The first-order chi connectivity index (χ1) is 14.7. The molecule has 160 valence electrons. The molecule has 0 spiro atoms. The van der Waals surface area contributed by atoms with Gasteiger partial charge in [-0.05, 0) is 42.2 Å². The molecule has 3 fully saturated rings. The molecular weight excluding hydrogens is 396 g/mol. The van der Waals surface area contributed by atoms with Crippen LogP contribution in [0, 0.1) is 5.92 Å². The van der Waals surface area contributed by atoms with Gasteiger partial charge in [0.1, 0.15) is 11.5 Å². The zero-order chi connectivity index (χ0) is 20.5. The highest BCUT2D eigenvalue weighted by atomic mass is 32.2. The van der Waals surface area contributed by atoms with Crippen LogP contribution in [-0.4, -0.2) is 53.4 Å². The van der Waals surface area contributed by atoms with E-state index >= 15 is 0 Å². The van der Waals surface area contributed by atoms with Crippen LogP contribution in [-0.2, 0) is 9.59 Å². The van der Waals surface area contributed by atoms with Crippen molar-refractivity contribution in [2.45, 2.75) is 62.1 Å². The van der Waals surface area contributed by atoms with Crippen molar-refractivity contribution in [3.05, 3.63) is 41.3 Å². The molecule has 6 nitrogen and oxygen atoms in total. The quantitative estimate of drug-likeness (QED) is 0.689. The average molecular weight is 427 g/mol. The van der Waals surface area contributed by atoms with Crippen molar-refractivity contribution in [3.8, 4) is 0 Å². The second kappa shape index (κ2) is 8.73. The number of nitrogens with zero attached hydrogens (tertiary/aromatic N) is 1. The lowest BCUT2D eigenvalue weighted by Gasteiger charge is -2.43. The molecule has 1 aliphatic carbocycles. The molecule has 4 unspecified atom stereocenters. The molecule has 3 heterocycles. The highest BCUT2D eigenvalue weighted by molar-refractivity contribution is 8.04. The van der Waals surface area contributed by atoms with Gasteiger partial charge in [0.15, 0.2) is 0 Å². The Morgan fingerprint density at radius 1 is 1.10 bits per heavy atom. The van der Waals surface area contributed by atoms with E-state index in [0.29, 0.717) is 12.6 Å².